The van der Waals surface area contributed by atoms with Crippen molar-refractivity contribution in [3.8, 4) is 0 Å². The fourth-order valence-electron chi connectivity index (χ4n) is 2.15. The van der Waals surface area contributed by atoms with Gasteiger partial charge in [-0.15, -0.1) is 0 Å². The zero-order valence-corrected chi connectivity index (χ0v) is 11.8. The van der Waals surface area contributed by atoms with Crippen molar-refractivity contribution in [2.24, 2.45) is 0 Å². The molecule has 1 aliphatic rings. The third-order valence-corrected chi connectivity index (χ3v) is 3.06. The van der Waals surface area contributed by atoms with Gasteiger partial charge in [-0.3, -0.25) is 0 Å². The Hall–Kier alpha value is -0.860. The maximum Gasteiger partial charge on any atom is 0.0857 e. The molecule has 1 saturated heterocycles. The Balaban J connectivity index is 0.00000121. The van der Waals surface area contributed by atoms with Crippen LogP contribution in [0.2, 0.25) is 0 Å². The summed E-state index contributed by atoms with van der Waals surface area (Å²) in [6, 6.07) is 0. The van der Waals surface area contributed by atoms with Crippen LogP contribution >= 0.6 is 0 Å². The van der Waals surface area contributed by atoms with Gasteiger partial charge >= 0.3 is 0 Å². The zero-order chi connectivity index (χ0) is 13.3. The highest BCUT2D eigenvalue weighted by molar-refractivity contribution is 5.24. The van der Waals surface area contributed by atoms with Crippen LogP contribution in [0, 0.1) is 0 Å². The van der Waals surface area contributed by atoms with Gasteiger partial charge in [0.2, 0.25) is 0 Å². The topological polar surface area (TPSA) is 12.5 Å². The van der Waals surface area contributed by atoms with Crippen LogP contribution in [0.25, 0.3) is 0 Å². The van der Waals surface area contributed by atoms with Gasteiger partial charge in [0.1, 0.15) is 0 Å². The van der Waals surface area contributed by atoms with Crippen LogP contribution in [0.15, 0.2) is 37.0 Å². The van der Waals surface area contributed by atoms with E-state index in [4.69, 9.17) is 4.74 Å². The lowest BCUT2D eigenvalue weighted by Crippen LogP contribution is -2.34. The van der Waals surface area contributed by atoms with Crippen LogP contribution in [0.5, 0.6) is 0 Å². The lowest BCUT2D eigenvalue weighted by molar-refractivity contribution is 0.00135. The van der Waals surface area contributed by atoms with Crippen molar-refractivity contribution in [2.75, 3.05) is 27.2 Å². The van der Waals surface area contributed by atoms with E-state index in [9.17, 15) is 0 Å². The first-order chi connectivity index (χ1) is 8.15. The van der Waals surface area contributed by atoms with E-state index in [-0.39, 0.29) is 5.60 Å². The van der Waals surface area contributed by atoms with Crippen LogP contribution in [-0.2, 0) is 4.74 Å². The molecule has 17 heavy (non-hydrogen) atoms. The summed E-state index contributed by atoms with van der Waals surface area (Å²) in [7, 11) is 3.93. The summed E-state index contributed by atoms with van der Waals surface area (Å²) in [4.78, 5) is 2.30. The van der Waals surface area contributed by atoms with Crippen molar-refractivity contribution in [2.45, 2.75) is 32.3 Å². The number of likely N-dealkylation sites (N-methyl/N-ethyl adjacent to an activating group) is 1. The summed E-state index contributed by atoms with van der Waals surface area (Å²) in [5.41, 5.74) is 1.17. The first kappa shape index (κ1) is 16.1. The third-order valence-electron chi connectivity index (χ3n) is 3.06. The second kappa shape index (κ2) is 8.26. The molecule has 0 radical (unpaired) electrons. The number of nitrogens with zero attached hydrogens (tertiary/aromatic N) is 1. The average Bonchev–Trinajstić information content (AvgIpc) is 2.73. The standard InChI is InChI=1S/C13H21NO.C2H6/c1-5-7-12(6-2)10-13(15-4)8-9-14(3)11-13;1-2/h5-7H,1-2,8-11H2,3-4H3;1-2H3/b12-7+;. The van der Waals surface area contributed by atoms with Gasteiger partial charge in [-0.2, -0.15) is 0 Å². The predicted octanol–water partition coefficient (Wildman–Crippen LogP) is 3.42. The molecule has 0 amide bonds. The summed E-state index contributed by atoms with van der Waals surface area (Å²) in [5.74, 6) is 0. The second-order valence-electron chi connectivity index (χ2n) is 4.23. The van der Waals surface area contributed by atoms with Crippen molar-refractivity contribution in [1.82, 2.24) is 4.90 Å². The largest absolute Gasteiger partial charge is 0.377 e. The molecule has 0 saturated carbocycles. The van der Waals surface area contributed by atoms with Crippen LogP contribution in [0.4, 0.5) is 0 Å². The van der Waals surface area contributed by atoms with Gasteiger partial charge in [-0.05, 0) is 19.0 Å². The van der Waals surface area contributed by atoms with Crippen molar-refractivity contribution in [3.05, 3.63) is 37.0 Å². The highest BCUT2D eigenvalue weighted by atomic mass is 16.5. The van der Waals surface area contributed by atoms with Gasteiger partial charge in [0, 0.05) is 26.6 Å². The number of likely N-dealkylation sites (tertiary alicyclic amines) is 1. The van der Waals surface area contributed by atoms with Gasteiger partial charge in [0.25, 0.3) is 0 Å². The summed E-state index contributed by atoms with van der Waals surface area (Å²) in [6.45, 7) is 13.6. The van der Waals surface area contributed by atoms with E-state index < -0.39 is 0 Å². The molecular formula is C15H27NO. The first-order valence-corrected chi connectivity index (χ1v) is 6.33. The molecule has 1 heterocycles. The monoisotopic (exact) mass is 237 g/mol. The Bertz CT molecular complexity index is 270. The molecule has 0 spiro atoms. The minimum atomic E-state index is -0.0300. The summed E-state index contributed by atoms with van der Waals surface area (Å²) in [6.07, 6.45) is 7.71. The quantitative estimate of drug-likeness (QED) is 0.679. The molecule has 2 nitrogen and oxygen atoms in total. The summed E-state index contributed by atoms with van der Waals surface area (Å²) >= 11 is 0. The number of allylic oxidation sites excluding steroid dienone is 3. The molecule has 1 atom stereocenters. The smallest absolute Gasteiger partial charge is 0.0857 e. The van der Waals surface area contributed by atoms with Crippen LogP contribution in [0.3, 0.4) is 0 Å². The number of methoxy groups -OCH3 is 1. The van der Waals surface area contributed by atoms with Crippen molar-refractivity contribution in [1.29, 1.82) is 0 Å². The SMILES string of the molecule is C=C/C=C(\C=C)CC1(OC)CCN(C)C1.CC. The molecule has 1 unspecified atom stereocenters. The number of hydrogen-bond donors (Lipinski definition) is 0. The Labute approximate surface area is 107 Å². The molecule has 0 aromatic carbocycles. The lowest BCUT2D eigenvalue weighted by atomic mass is 9.93. The highest BCUT2D eigenvalue weighted by Crippen LogP contribution is 2.30. The summed E-state index contributed by atoms with van der Waals surface area (Å²) in [5, 5.41) is 0. The van der Waals surface area contributed by atoms with Crippen LogP contribution in [0.1, 0.15) is 26.7 Å². The lowest BCUT2D eigenvalue weighted by Gasteiger charge is -2.28. The Morgan fingerprint density at radius 3 is 2.41 bits per heavy atom. The van der Waals surface area contributed by atoms with E-state index >= 15 is 0 Å². The normalized spacial score (nSPS) is 25.1. The second-order valence-corrected chi connectivity index (χ2v) is 4.23. The fourth-order valence-corrected chi connectivity index (χ4v) is 2.15. The molecule has 0 aliphatic carbocycles. The number of hydrogen-bond acceptors (Lipinski definition) is 2. The summed E-state index contributed by atoms with van der Waals surface area (Å²) < 4.78 is 5.68. The maximum atomic E-state index is 5.68. The van der Waals surface area contributed by atoms with Crippen molar-refractivity contribution >= 4 is 0 Å². The Kier molecular flexibility index (Phi) is 7.85. The molecule has 0 aromatic rings. The molecule has 0 aromatic heterocycles. The Morgan fingerprint density at radius 1 is 1.41 bits per heavy atom. The number of rotatable bonds is 5. The Morgan fingerprint density at radius 2 is 2.06 bits per heavy atom. The molecule has 98 valence electrons. The molecule has 1 rings (SSSR count). The van der Waals surface area contributed by atoms with E-state index in [2.05, 4.69) is 25.1 Å². The third kappa shape index (κ3) is 4.88. The van der Waals surface area contributed by atoms with E-state index in [1.54, 1.807) is 13.2 Å². The van der Waals surface area contributed by atoms with Gasteiger partial charge in [0.05, 0.1) is 5.60 Å². The van der Waals surface area contributed by atoms with Crippen LogP contribution in [-0.4, -0.2) is 37.7 Å². The van der Waals surface area contributed by atoms with E-state index in [1.165, 1.54) is 5.57 Å². The van der Waals surface area contributed by atoms with E-state index in [0.717, 1.165) is 25.9 Å². The fraction of sp³-hybridized carbons (Fsp3) is 0.600. The van der Waals surface area contributed by atoms with Crippen LogP contribution < -0.4 is 0 Å². The molecule has 1 fully saturated rings. The van der Waals surface area contributed by atoms with Crippen molar-refractivity contribution < 1.29 is 4.74 Å². The van der Waals surface area contributed by atoms with Gasteiger partial charge < -0.3 is 9.64 Å². The molecule has 2 heteroatoms. The van der Waals surface area contributed by atoms with Gasteiger partial charge in [-0.1, -0.05) is 45.2 Å². The molecule has 1 aliphatic heterocycles. The molecule has 0 bridgehead atoms. The van der Waals surface area contributed by atoms with Crippen molar-refractivity contribution in [3.63, 3.8) is 0 Å². The maximum absolute atomic E-state index is 5.68. The highest BCUT2D eigenvalue weighted by Gasteiger charge is 2.36. The minimum absolute atomic E-state index is 0.0300. The number of ether oxygens (including phenoxy) is 1. The van der Waals surface area contributed by atoms with Gasteiger partial charge in [-0.25, -0.2) is 0 Å². The molecule has 0 N–H and O–H groups in total. The minimum Gasteiger partial charge on any atom is -0.377 e. The predicted molar refractivity (Wildman–Crippen MR) is 76.3 cm³/mol. The van der Waals surface area contributed by atoms with E-state index in [1.807, 2.05) is 26.0 Å². The average molecular weight is 237 g/mol. The molecular weight excluding hydrogens is 210 g/mol. The first-order valence-electron chi connectivity index (χ1n) is 6.33. The van der Waals surface area contributed by atoms with E-state index in [0.29, 0.717) is 0 Å². The van der Waals surface area contributed by atoms with Gasteiger partial charge in [0.15, 0.2) is 0 Å². The zero-order valence-electron chi connectivity index (χ0n) is 11.8.